The van der Waals surface area contributed by atoms with Gasteiger partial charge in [0.15, 0.2) is 0 Å². The van der Waals surface area contributed by atoms with Crippen LogP contribution >= 0.6 is 43.2 Å². The molecule has 0 aliphatic rings. The van der Waals surface area contributed by atoms with E-state index in [0.29, 0.717) is 16.1 Å². The van der Waals surface area contributed by atoms with E-state index in [1.807, 2.05) is 0 Å². The van der Waals surface area contributed by atoms with Gasteiger partial charge in [-0.15, -0.1) is 11.3 Å². The van der Waals surface area contributed by atoms with E-state index in [4.69, 9.17) is 0 Å². The molecule has 0 radical (unpaired) electrons. The number of aryl methyl sites for hydroxylation is 1. The molecule has 8 heteroatoms. The summed E-state index contributed by atoms with van der Waals surface area (Å²) in [6.07, 6.45) is 0. The Bertz CT molecular complexity index is 681. The Labute approximate surface area is 135 Å². The van der Waals surface area contributed by atoms with Gasteiger partial charge in [0.25, 0.3) is 11.6 Å². The molecule has 1 N–H and O–H groups in total. The summed E-state index contributed by atoms with van der Waals surface area (Å²) in [5.41, 5.74) is 1.20. The highest BCUT2D eigenvalue weighted by molar-refractivity contribution is 9.13. The Morgan fingerprint density at radius 1 is 1.35 bits per heavy atom. The summed E-state index contributed by atoms with van der Waals surface area (Å²) in [7, 11) is 0. The van der Waals surface area contributed by atoms with Crippen LogP contribution in [0.5, 0.6) is 0 Å². The molecule has 0 fully saturated rings. The van der Waals surface area contributed by atoms with Crippen molar-refractivity contribution in [3.05, 3.63) is 53.1 Å². The third kappa shape index (κ3) is 3.25. The number of amides is 1. The molecule has 104 valence electrons. The first kappa shape index (κ1) is 15.1. The van der Waals surface area contributed by atoms with Crippen molar-refractivity contribution >= 4 is 60.5 Å². The minimum absolute atomic E-state index is 0.00196. The zero-order valence-electron chi connectivity index (χ0n) is 10.1. The van der Waals surface area contributed by atoms with Crippen molar-refractivity contribution in [3.63, 3.8) is 0 Å². The van der Waals surface area contributed by atoms with Crippen LogP contribution in [0.15, 0.2) is 32.5 Å². The number of hydrogen-bond donors (Lipinski definition) is 1. The van der Waals surface area contributed by atoms with E-state index < -0.39 is 4.92 Å². The number of benzene rings is 1. The Kier molecular flexibility index (Phi) is 4.56. The van der Waals surface area contributed by atoms with Gasteiger partial charge in [-0.1, -0.05) is 0 Å². The molecular formula is C12H8Br2N2O3S. The number of nitro groups is 1. The summed E-state index contributed by atoms with van der Waals surface area (Å²) in [5.74, 6) is -0.252. The van der Waals surface area contributed by atoms with Gasteiger partial charge in [0.05, 0.1) is 13.6 Å². The molecule has 0 atom stereocenters. The van der Waals surface area contributed by atoms with Crippen LogP contribution in [0.4, 0.5) is 11.4 Å². The van der Waals surface area contributed by atoms with Crippen molar-refractivity contribution in [1.82, 2.24) is 0 Å². The predicted molar refractivity (Wildman–Crippen MR) is 85.5 cm³/mol. The maximum atomic E-state index is 12.1. The fraction of sp³-hybridized carbons (Fsp3) is 0.0833. The van der Waals surface area contributed by atoms with E-state index in [1.54, 1.807) is 13.0 Å². The number of nitrogens with zero attached hydrogens (tertiary/aromatic N) is 1. The standard InChI is InChI=1S/C12H8Br2N2O3S/c1-6-4-7(16(18)19)2-3-9(6)15-12(17)10-5-8(13)11(14)20-10/h2-5H,1H3,(H,15,17). The lowest BCUT2D eigenvalue weighted by atomic mass is 10.2. The van der Waals surface area contributed by atoms with E-state index in [1.165, 1.54) is 29.5 Å². The molecule has 0 aliphatic carbocycles. The normalized spacial score (nSPS) is 10.3. The van der Waals surface area contributed by atoms with Gasteiger partial charge in [-0.25, -0.2) is 0 Å². The summed E-state index contributed by atoms with van der Waals surface area (Å²) in [4.78, 5) is 22.8. The first-order chi connectivity index (χ1) is 9.38. The summed E-state index contributed by atoms with van der Waals surface area (Å²) < 4.78 is 1.65. The highest BCUT2D eigenvalue weighted by Crippen LogP contribution is 2.33. The molecule has 0 saturated heterocycles. The number of hydrogen-bond acceptors (Lipinski definition) is 4. The van der Waals surface area contributed by atoms with E-state index >= 15 is 0 Å². The first-order valence-corrected chi connectivity index (χ1v) is 7.80. The van der Waals surface area contributed by atoms with Crippen molar-refractivity contribution in [2.45, 2.75) is 6.92 Å². The van der Waals surface area contributed by atoms with Crippen molar-refractivity contribution < 1.29 is 9.72 Å². The van der Waals surface area contributed by atoms with Gasteiger partial charge in [-0.05, 0) is 56.5 Å². The summed E-state index contributed by atoms with van der Waals surface area (Å²) in [5, 5.41) is 13.4. The predicted octanol–water partition coefficient (Wildman–Crippen LogP) is 4.74. The van der Waals surface area contributed by atoms with Gasteiger partial charge in [0.1, 0.15) is 0 Å². The Morgan fingerprint density at radius 3 is 2.55 bits per heavy atom. The number of halogens is 2. The molecule has 0 unspecified atom stereocenters. The van der Waals surface area contributed by atoms with Gasteiger partial charge in [0.2, 0.25) is 0 Å². The number of non-ortho nitro benzene ring substituents is 1. The van der Waals surface area contributed by atoms with Crippen molar-refractivity contribution in [1.29, 1.82) is 0 Å². The summed E-state index contributed by atoms with van der Waals surface area (Å²) in [6, 6.07) is 6.03. The topological polar surface area (TPSA) is 72.2 Å². The molecule has 0 saturated carbocycles. The summed E-state index contributed by atoms with van der Waals surface area (Å²) in [6.45, 7) is 1.71. The average molecular weight is 420 g/mol. The third-order valence-corrected chi connectivity index (χ3v) is 5.79. The van der Waals surface area contributed by atoms with Crippen molar-refractivity contribution in [2.24, 2.45) is 0 Å². The zero-order chi connectivity index (χ0) is 14.9. The molecule has 0 aliphatic heterocycles. The molecule has 1 amide bonds. The van der Waals surface area contributed by atoms with Gasteiger partial charge < -0.3 is 5.32 Å². The molecule has 5 nitrogen and oxygen atoms in total. The molecule has 1 aromatic carbocycles. The number of nitrogens with one attached hydrogen (secondary N) is 1. The number of nitro benzene ring substituents is 1. The SMILES string of the molecule is Cc1cc([N+](=O)[O-])ccc1NC(=O)c1cc(Br)c(Br)s1. The molecule has 1 heterocycles. The smallest absolute Gasteiger partial charge is 0.269 e. The second-order valence-corrected chi connectivity index (χ2v) is 7.17. The number of anilines is 1. The monoisotopic (exact) mass is 418 g/mol. The van der Waals surface area contributed by atoms with E-state index in [2.05, 4.69) is 37.2 Å². The first-order valence-electron chi connectivity index (χ1n) is 5.39. The van der Waals surface area contributed by atoms with Crippen LogP contribution < -0.4 is 5.32 Å². The summed E-state index contributed by atoms with van der Waals surface area (Å²) >= 11 is 7.95. The Balaban J connectivity index is 2.21. The number of carbonyl (C=O) groups is 1. The van der Waals surface area contributed by atoms with Gasteiger partial charge >= 0.3 is 0 Å². The maximum Gasteiger partial charge on any atom is 0.269 e. The number of rotatable bonds is 3. The fourth-order valence-electron chi connectivity index (χ4n) is 1.54. The van der Waals surface area contributed by atoms with E-state index in [0.717, 1.165) is 8.26 Å². The quantitative estimate of drug-likeness (QED) is 0.576. The second-order valence-electron chi connectivity index (χ2n) is 3.94. The van der Waals surface area contributed by atoms with Gasteiger partial charge in [0, 0.05) is 22.3 Å². The van der Waals surface area contributed by atoms with Crippen LogP contribution in [-0.4, -0.2) is 10.8 Å². The average Bonchev–Trinajstić information content (AvgIpc) is 2.72. The van der Waals surface area contributed by atoms with Crippen LogP contribution in [0.1, 0.15) is 15.2 Å². The lowest BCUT2D eigenvalue weighted by molar-refractivity contribution is -0.384. The highest BCUT2D eigenvalue weighted by atomic mass is 79.9. The van der Waals surface area contributed by atoms with Crippen LogP contribution in [-0.2, 0) is 0 Å². The molecule has 1 aromatic heterocycles. The van der Waals surface area contributed by atoms with Crippen LogP contribution in [0.3, 0.4) is 0 Å². The van der Waals surface area contributed by atoms with Gasteiger partial charge in [-0.2, -0.15) is 0 Å². The third-order valence-electron chi connectivity index (χ3n) is 2.54. The van der Waals surface area contributed by atoms with Crippen LogP contribution in [0.2, 0.25) is 0 Å². The zero-order valence-corrected chi connectivity index (χ0v) is 14.1. The number of thiophene rings is 1. The maximum absolute atomic E-state index is 12.1. The second kappa shape index (κ2) is 6.02. The van der Waals surface area contributed by atoms with Crippen LogP contribution in [0.25, 0.3) is 0 Å². The molecular weight excluding hydrogens is 412 g/mol. The molecule has 0 bridgehead atoms. The van der Waals surface area contributed by atoms with Crippen molar-refractivity contribution in [3.8, 4) is 0 Å². The molecule has 2 aromatic rings. The fourth-order valence-corrected chi connectivity index (χ4v) is 3.47. The molecule has 0 spiro atoms. The van der Waals surface area contributed by atoms with Gasteiger partial charge in [-0.3, -0.25) is 14.9 Å². The van der Waals surface area contributed by atoms with Crippen LogP contribution in [0, 0.1) is 17.0 Å². The van der Waals surface area contributed by atoms with Crippen molar-refractivity contribution in [2.75, 3.05) is 5.32 Å². The lowest BCUT2D eigenvalue weighted by Crippen LogP contribution is -2.11. The Morgan fingerprint density at radius 2 is 2.05 bits per heavy atom. The number of carbonyl (C=O) groups excluding carboxylic acids is 1. The lowest BCUT2D eigenvalue weighted by Gasteiger charge is -2.06. The minimum atomic E-state index is -0.466. The Hall–Kier alpha value is -1.25. The minimum Gasteiger partial charge on any atom is -0.321 e. The molecule has 2 rings (SSSR count). The van der Waals surface area contributed by atoms with E-state index in [-0.39, 0.29) is 11.6 Å². The largest absolute Gasteiger partial charge is 0.321 e. The van der Waals surface area contributed by atoms with E-state index in [9.17, 15) is 14.9 Å². The molecule has 20 heavy (non-hydrogen) atoms. The highest BCUT2D eigenvalue weighted by Gasteiger charge is 2.14.